The molecule has 7 nitrogen and oxygen atoms in total. The number of thiazole rings is 1. The largest absolute Gasteiger partial charge is 0.330 e. The molecule has 1 aliphatic heterocycles. The van der Waals surface area contributed by atoms with Crippen LogP contribution in [0.2, 0.25) is 0 Å². The highest BCUT2D eigenvalue weighted by molar-refractivity contribution is 7.13. The van der Waals surface area contributed by atoms with Crippen LogP contribution < -0.4 is 5.32 Å². The Labute approximate surface area is 168 Å². The third-order valence-electron chi connectivity index (χ3n) is 4.92. The maximum absolute atomic E-state index is 12.1. The molecule has 1 fully saturated rings. The van der Waals surface area contributed by atoms with Crippen LogP contribution in [0.15, 0.2) is 54.3 Å². The summed E-state index contributed by atoms with van der Waals surface area (Å²) < 4.78 is 2.21. The minimum absolute atomic E-state index is 0.00863. The molecule has 0 saturated carbocycles. The zero-order chi connectivity index (χ0) is 19.2. The summed E-state index contributed by atoms with van der Waals surface area (Å²) in [5, 5.41) is 5.37. The molecule has 0 aliphatic carbocycles. The van der Waals surface area contributed by atoms with Gasteiger partial charge in [0.25, 0.3) is 0 Å². The molecule has 1 aromatic carbocycles. The number of piperazine rings is 1. The molecule has 4 rings (SSSR count). The van der Waals surface area contributed by atoms with E-state index in [0.717, 1.165) is 50.7 Å². The standard InChI is InChI=1S/C20H24N6OS/c27-18(23-20-22-7-15-28-20)16-25-11-9-24(10-12-25)13-14-26-8-6-21-19(26)17-4-2-1-3-5-17/h1-8,15H,9-14,16H2,(H,22,23,27). The number of anilines is 1. The van der Waals surface area contributed by atoms with E-state index in [2.05, 4.69) is 41.8 Å². The fourth-order valence-electron chi connectivity index (χ4n) is 3.40. The molecule has 3 heterocycles. The third kappa shape index (κ3) is 4.83. The van der Waals surface area contributed by atoms with E-state index in [1.54, 1.807) is 6.20 Å². The van der Waals surface area contributed by atoms with Gasteiger partial charge in [-0.05, 0) is 0 Å². The summed E-state index contributed by atoms with van der Waals surface area (Å²) in [6, 6.07) is 10.3. The molecule has 0 bridgehead atoms. The molecular formula is C20H24N6OS. The third-order valence-corrected chi connectivity index (χ3v) is 5.60. The van der Waals surface area contributed by atoms with Crippen LogP contribution >= 0.6 is 11.3 Å². The summed E-state index contributed by atoms with van der Waals surface area (Å²) in [6.45, 7) is 6.07. The van der Waals surface area contributed by atoms with Crippen LogP contribution in [-0.4, -0.2) is 69.5 Å². The summed E-state index contributed by atoms with van der Waals surface area (Å²) in [5.74, 6) is 1.02. The Bertz CT molecular complexity index is 871. The number of carbonyl (C=O) groups excluding carboxylic acids is 1. The van der Waals surface area contributed by atoms with Gasteiger partial charge in [0.05, 0.1) is 6.54 Å². The van der Waals surface area contributed by atoms with Gasteiger partial charge in [0.1, 0.15) is 5.82 Å². The first kappa shape index (κ1) is 18.8. The molecule has 1 amide bonds. The Morgan fingerprint density at radius 1 is 1.00 bits per heavy atom. The first-order chi connectivity index (χ1) is 13.8. The normalized spacial score (nSPS) is 15.6. The molecule has 28 heavy (non-hydrogen) atoms. The predicted octanol–water partition coefficient (Wildman–Crippen LogP) is 2.26. The highest BCUT2D eigenvalue weighted by Crippen LogP contribution is 2.17. The number of benzene rings is 1. The molecule has 1 aliphatic rings. The van der Waals surface area contributed by atoms with E-state index in [4.69, 9.17) is 0 Å². The van der Waals surface area contributed by atoms with Crippen molar-refractivity contribution in [2.45, 2.75) is 6.54 Å². The van der Waals surface area contributed by atoms with Crippen molar-refractivity contribution in [1.82, 2.24) is 24.3 Å². The highest BCUT2D eigenvalue weighted by Gasteiger charge is 2.19. The molecular weight excluding hydrogens is 372 g/mol. The fraction of sp³-hybridized carbons (Fsp3) is 0.350. The van der Waals surface area contributed by atoms with E-state index in [0.29, 0.717) is 11.7 Å². The average molecular weight is 397 g/mol. The van der Waals surface area contributed by atoms with Gasteiger partial charge in [0.15, 0.2) is 5.13 Å². The number of aromatic nitrogens is 3. The fourth-order valence-corrected chi connectivity index (χ4v) is 3.95. The Kier molecular flexibility index (Phi) is 6.11. The van der Waals surface area contributed by atoms with Gasteiger partial charge in [-0.3, -0.25) is 14.6 Å². The number of hydrogen-bond acceptors (Lipinski definition) is 6. The Morgan fingerprint density at radius 3 is 2.54 bits per heavy atom. The molecule has 1 saturated heterocycles. The highest BCUT2D eigenvalue weighted by atomic mass is 32.1. The SMILES string of the molecule is O=C(CN1CCN(CCn2ccnc2-c2ccccc2)CC1)Nc1nccs1. The lowest BCUT2D eigenvalue weighted by molar-refractivity contribution is -0.117. The summed E-state index contributed by atoms with van der Waals surface area (Å²) in [5.41, 5.74) is 1.14. The van der Waals surface area contributed by atoms with Crippen LogP contribution in [0, 0.1) is 0 Å². The summed E-state index contributed by atoms with van der Waals surface area (Å²) in [7, 11) is 0. The van der Waals surface area contributed by atoms with Crippen molar-refractivity contribution < 1.29 is 4.79 Å². The number of nitrogens with one attached hydrogen (secondary N) is 1. The zero-order valence-corrected chi connectivity index (χ0v) is 16.5. The predicted molar refractivity (Wildman–Crippen MR) is 111 cm³/mol. The summed E-state index contributed by atoms with van der Waals surface area (Å²) in [4.78, 5) is 25.4. The quantitative estimate of drug-likeness (QED) is 0.664. The van der Waals surface area contributed by atoms with Crippen LogP contribution in [-0.2, 0) is 11.3 Å². The molecule has 2 aromatic heterocycles. The molecule has 0 unspecified atom stereocenters. The van der Waals surface area contributed by atoms with Gasteiger partial charge in [-0.2, -0.15) is 0 Å². The van der Waals surface area contributed by atoms with Crippen molar-refractivity contribution in [2.75, 3.05) is 44.6 Å². The second kappa shape index (κ2) is 9.09. The summed E-state index contributed by atoms with van der Waals surface area (Å²) in [6.07, 6.45) is 5.60. The second-order valence-corrected chi connectivity index (χ2v) is 7.71. The number of hydrogen-bond donors (Lipinski definition) is 1. The maximum atomic E-state index is 12.1. The van der Waals surface area contributed by atoms with Gasteiger partial charge in [0, 0.05) is 68.8 Å². The van der Waals surface area contributed by atoms with E-state index in [1.165, 1.54) is 11.3 Å². The number of nitrogens with zero attached hydrogens (tertiary/aromatic N) is 5. The van der Waals surface area contributed by atoms with Crippen LogP contribution in [0.5, 0.6) is 0 Å². The first-order valence-corrected chi connectivity index (χ1v) is 10.4. The topological polar surface area (TPSA) is 66.3 Å². The van der Waals surface area contributed by atoms with Crippen LogP contribution in [0.4, 0.5) is 5.13 Å². The van der Waals surface area contributed by atoms with Crippen LogP contribution in [0.1, 0.15) is 0 Å². The van der Waals surface area contributed by atoms with Gasteiger partial charge in [-0.25, -0.2) is 9.97 Å². The maximum Gasteiger partial charge on any atom is 0.240 e. The van der Waals surface area contributed by atoms with Crippen LogP contribution in [0.25, 0.3) is 11.4 Å². The Morgan fingerprint density at radius 2 is 1.79 bits per heavy atom. The Hall–Kier alpha value is -2.55. The molecule has 0 radical (unpaired) electrons. The van der Waals surface area contributed by atoms with Crippen molar-refractivity contribution in [2.24, 2.45) is 0 Å². The minimum Gasteiger partial charge on any atom is -0.330 e. The van der Waals surface area contributed by atoms with E-state index >= 15 is 0 Å². The first-order valence-electron chi connectivity index (χ1n) is 9.48. The molecule has 3 aromatic rings. The lowest BCUT2D eigenvalue weighted by Crippen LogP contribution is -2.49. The number of carbonyl (C=O) groups is 1. The second-order valence-electron chi connectivity index (χ2n) is 6.81. The van der Waals surface area contributed by atoms with Gasteiger partial charge in [-0.1, -0.05) is 30.3 Å². The van der Waals surface area contributed by atoms with Crippen molar-refractivity contribution in [3.63, 3.8) is 0 Å². The van der Waals surface area contributed by atoms with E-state index in [-0.39, 0.29) is 5.91 Å². The smallest absolute Gasteiger partial charge is 0.240 e. The van der Waals surface area contributed by atoms with E-state index in [1.807, 2.05) is 36.0 Å². The zero-order valence-electron chi connectivity index (χ0n) is 15.7. The van der Waals surface area contributed by atoms with Crippen molar-refractivity contribution in [3.8, 4) is 11.4 Å². The molecule has 0 atom stereocenters. The average Bonchev–Trinajstić information content (AvgIpc) is 3.40. The van der Waals surface area contributed by atoms with Gasteiger partial charge in [-0.15, -0.1) is 11.3 Å². The van der Waals surface area contributed by atoms with Crippen molar-refractivity contribution >= 4 is 22.4 Å². The number of rotatable bonds is 7. The van der Waals surface area contributed by atoms with Crippen molar-refractivity contribution in [1.29, 1.82) is 0 Å². The Balaban J connectivity index is 1.22. The monoisotopic (exact) mass is 396 g/mol. The van der Waals surface area contributed by atoms with Gasteiger partial charge >= 0.3 is 0 Å². The molecule has 146 valence electrons. The van der Waals surface area contributed by atoms with E-state index in [9.17, 15) is 4.79 Å². The molecule has 0 spiro atoms. The van der Waals surface area contributed by atoms with Crippen LogP contribution in [0.3, 0.4) is 0 Å². The number of imidazole rings is 1. The van der Waals surface area contributed by atoms with Gasteiger partial charge in [0.2, 0.25) is 5.91 Å². The lowest BCUT2D eigenvalue weighted by atomic mass is 10.2. The van der Waals surface area contributed by atoms with Crippen molar-refractivity contribution in [3.05, 3.63) is 54.3 Å². The lowest BCUT2D eigenvalue weighted by Gasteiger charge is -2.34. The number of amides is 1. The molecule has 1 N–H and O–H groups in total. The molecule has 8 heteroatoms. The van der Waals surface area contributed by atoms with Gasteiger partial charge < -0.3 is 9.88 Å². The summed E-state index contributed by atoms with van der Waals surface area (Å²) >= 11 is 1.44. The van der Waals surface area contributed by atoms with E-state index < -0.39 is 0 Å². The minimum atomic E-state index is 0.00863.